The molecule has 0 aliphatic carbocycles. The predicted molar refractivity (Wildman–Crippen MR) is 48.4 cm³/mol. The van der Waals surface area contributed by atoms with Crippen molar-refractivity contribution in [3.63, 3.8) is 0 Å². The highest BCUT2D eigenvalue weighted by molar-refractivity contribution is 7.08. The first-order chi connectivity index (χ1) is 5.05. The standard InChI is InChI=1S/C9H12OS/c1-9(2,3)8-6-11-5-7(8)4-10/h4-6H,1-3H3. The van der Waals surface area contributed by atoms with E-state index in [0.29, 0.717) is 0 Å². The summed E-state index contributed by atoms with van der Waals surface area (Å²) in [5.41, 5.74) is 2.08. The number of thiophene rings is 1. The van der Waals surface area contributed by atoms with E-state index in [1.165, 1.54) is 0 Å². The van der Waals surface area contributed by atoms with Gasteiger partial charge in [0.05, 0.1) is 0 Å². The number of aldehydes is 1. The van der Waals surface area contributed by atoms with Gasteiger partial charge >= 0.3 is 0 Å². The molecule has 0 saturated heterocycles. The van der Waals surface area contributed by atoms with Gasteiger partial charge in [-0.05, 0) is 16.4 Å². The second-order valence-corrected chi connectivity index (χ2v) is 4.35. The van der Waals surface area contributed by atoms with Crippen molar-refractivity contribution >= 4 is 17.6 Å². The SMILES string of the molecule is CC(C)(C)c1cscc1C=O. The average molecular weight is 168 g/mol. The molecule has 1 rings (SSSR count). The van der Waals surface area contributed by atoms with Crippen LogP contribution in [0, 0.1) is 0 Å². The number of carbonyl (C=O) groups excluding carboxylic acids is 1. The van der Waals surface area contributed by atoms with Crippen LogP contribution in [-0.4, -0.2) is 6.29 Å². The summed E-state index contributed by atoms with van der Waals surface area (Å²) in [6.07, 6.45) is 0.928. The maximum Gasteiger partial charge on any atom is 0.151 e. The van der Waals surface area contributed by atoms with Crippen LogP contribution in [0.3, 0.4) is 0 Å². The second kappa shape index (κ2) is 2.78. The van der Waals surface area contributed by atoms with Crippen LogP contribution in [0.25, 0.3) is 0 Å². The van der Waals surface area contributed by atoms with E-state index in [9.17, 15) is 4.79 Å². The monoisotopic (exact) mass is 168 g/mol. The summed E-state index contributed by atoms with van der Waals surface area (Å²) in [5, 5.41) is 3.94. The molecule has 1 nitrogen and oxygen atoms in total. The number of carbonyl (C=O) groups is 1. The van der Waals surface area contributed by atoms with Gasteiger partial charge in [0.15, 0.2) is 6.29 Å². The molecule has 0 fully saturated rings. The molecule has 0 spiro atoms. The van der Waals surface area contributed by atoms with Gasteiger partial charge in [0.2, 0.25) is 0 Å². The van der Waals surface area contributed by atoms with Crippen molar-refractivity contribution in [2.45, 2.75) is 26.2 Å². The van der Waals surface area contributed by atoms with E-state index in [1.807, 2.05) is 10.8 Å². The zero-order valence-corrected chi connectivity index (χ0v) is 7.87. The highest BCUT2D eigenvalue weighted by Gasteiger charge is 2.17. The highest BCUT2D eigenvalue weighted by Crippen LogP contribution is 2.27. The summed E-state index contributed by atoms with van der Waals surface area (Å²) in [4.78, 5) is 10.5. The van der Waals surface area contributed by atoms with Gasteiger partial charge in [-0.1, -0.05) is 20.8 Å². The molecule has 0 atom stereocenters. The van der Waals surface area contributed by atoms with Crippen LogP contribution in [0.5, 0.6) is 0 Å². The van der Waals surface area contributed by atoms with E-state index in [0.717, 1.165) is 17.4 Å². The van der Waals surface area contributed by atoms with Crippen molar-refractivity contribution in [3.8, 4) is 0 Å². The Balaban J connectivity index is 3.12. The van der Waals surface area contributed by atoms with E-state index >= 15 is 0 Å². The lowest BCUT2D eigenvalue weighted by molar-refractivity contribution is 0.112. The van der Waals surface area contributed by atoms with Crippen LogP contribution in [0.1, 0.15) is 36.7 Å². The van der Waals surface area contributed by atoms with Crippen LogP contribution in [-0.2, 0) is 5.41 Å². The van der Waals surface area contributed by atoms with Crippen LogP contribution in [0.15, 0.2) is 10.8 Å². The maximum absolute atomic E-state index is 10.5. The molecule has 0 unspecified atom stereocenters. The maximum atomic E-state index is 10.5. The molecule has 0 aliphatic heterocycles. The molecular formula is C9H12OS. The van der Waals surface area contributed by atoms with Crippen molar-refractivity contribution in [1.29, 1.82) is 0 Å². The third kappa shape index (κ3) is 1.69. The lowest BCUT2D eigenvalue weighted by atomic mass is 9.87. The van der Waals surface area contributed by atoms with Crippen molar-refractivity contribution in [1.82, 2.24) is 0 Å². The summed E-state index contributed by atoms with van der Waals surface area (Å²) in [5.74, 6) is 0. The van der Waals surface area contributed by atoms with E-state index in [2.05, 4.69) is 20.8 Å². The van der Waals surface area contributed by atoms with Gasteiger partial charge in [-0.25, -0.2) is 0 Å². The van der Waals surface area contributed by atoms with Gasteiger partial charge in [-0.15, -0.1) is 0 Å². The van der Waals surface area contributed by atoms with E-state index in [1.54, 1.807) is 11.3 Å². The molecule has 0 N–H and O–H groups in total. The molecule has 1 aromatic heterocycles. The Morgan fingerprint density at radius 2 is 2.00 bits per heavy atom. The largest absolute Gasteiger partial charge is 0.298 e. The Morgan fingerprint density at radius 3 is 2.36 bits per heavy atom. The van der Waals surface area contributed by atoms with E-state index in [4.69, 9.17) is 0 Å². The summed E-state index contributed by atoms with van der Waals surface area (Å²) in [6, 6.07) is 0. The summed E-state index contributed by atoms with van der Waals surface area (Å²) in [6.45, 7) is 6.34. The molecule has 0 aliphatic rings. The summed E-state index contributed by atoms with van der Waals surface area (Å²) in [7, 11) is 0. The third-order valence-electron chi connectivity index (χ3n) is 1.63. The van der Waals surface area contributed by atoms with Gasteiger partial charge in [0.25, 0.3) is 0 Å². The quantitative estimate of drug-likeness (QED) is 0.589. The molecule has 2 heteroatoms. The van der Waals surface area contributed by atoms with Crippen LogP contribution in [0.2, 0.25) is 0 Å². The summed E-state index contributed by atoms with van der Waals surface area (Å²) < 4.78 is 0. The van der Waals surface area contributed by atoms with E-state index < -0.39 is 0 Å². The van der Waals surface area contributed by atoms with E-state index in [-0.39, 0.29) is 5.41 Å². The lowest BCUT2D eigenvalue weighted by Crippen LogP contribution is -2.11. The van der Waals surface area contributed by atoms with Crippen molar-refractivity contribution in [3.05, 3.63) is 21.9 Å². The topological polar surface area (TPSA) is 17.1 Å². The first kappa shape index (κ1) is 8.47. The van der Waals surface area contributed by atoms with Crippen molar-refractivity contribution < 1.29 is 4.79 Å². The number of hydrogen-bond acceptors (Lipinski definition) is 2. The first-order valence-electron chi connectivity index (χ1n) is 3.57. The fourth-order valence-corrected chi connectivity index (χ4v) is 2.03. The van der Waals surface area contributed by atoms with Gasteiger partial charge in [-0.3, -0.25) is 4.79 Å². The molecule has 0 saturated carbocycles. The average Bonchev–Trinajstić information content (AvgIpc) is 2.31. The molecular weight excluding hydrogens is 156 g/mol. The zero-order valence-electron chi connectivity index (χ0n) is 7.05. The lowest BCUT2D eigenvalue weighted by Gasteiger charge is -2.17. The Bertz CT molecular complexity index is 255. The Kier molecular flexibility index (Phi) is 2.14. The molecule has 11 heavy (non-hydrogen) atoms. The minimum Gasteiger partial charge on any atom is -0.298 e. The molecule has 0 amide bonds. The number of rotatable bonds is 1. The minimum atomic E-state index is 0.0935. The smallest absolute Gasteiger partial charge is 0.151 e. The molecule has 0 radical (unpaired) electrons. The molecule has 0 bridgehead atoms. The van der Waals surface area contributed by atoms with Gasteiger partial charge in [0, 0.05) is 10.9 Å². The van der Waals surface area contributed by atoms with Gasteiger partial charge < -0.3 is 0 Å². The molecule has 0 aromatic carbocycles. The van der Waals surface area contributed by atoms with Gasteiger partial charge in [-0.2, -0.15) is 11.3 Å². The fourth-order valence-electron chi connectivity index (χ4n) is 1.01. The van der Waals surface area contributed by atoms with Crippen LogP contribution in [0.4, 0.5) is 0 Å². The summed E-state index contributed by atoms with van der Waals surface area (Å²) >= 11 is 1.59. The third-order valence-corrected chi connectivity index (χ3v) is 2.39. The van der Waals surface area contributed by atoms with Crippen LogP contribution >= 0.6 is 11.3 Å². The normalized spacial score (nSPS) is 11.5. The predicted octanol–water partition coefficient (Wildman–Crippen LogP) is 2.86. The van der Waals surface area contributed by atoms with Crippen molar-refractivity contribution in [2.24, 2.45) is 0 Å². The molecule has 1 heterocycles. The first-order valence-corrected chi connectivity index (χ1v) is 4.52. The van der Waals surface area contributed by atoms with Crippen molar-refractivity contribution in [2.75, 3.05) is 0 Å². The molecule has 1 aromatic rings. The number of hydrogen-bond donors (Lipinski definition) is 0. The highest BCUT2D eigenvalue weighted by atomic mass is 32.1. The fraction of sp³-hybridized carbons (Fsp3) is 0.444. The van der Waals surface area contributed by atoms with Gasteiger partial charge in [0.1, 0.15) is 0 Å². The minimum absolute atomic E-state index is 0.0935. The molecule has 60 valence electrons. The zero-order chi connectivity index (χ0) is 8.48. The Morgan fingerprint density at radius 1 is 1.36 bits per heavy atom. The Labute approximate surface area is 71.1 Å². The Hall–Kier alpha value is -0.630. The second-order valence-electron chi connectivity index (χ2n) is 3.61. The van der Waals surface area contributed by atoms with Crippen LogP contribution < -0.4 is 0 Å².